The van der Waals surface area contributed by atoms with Gasteiger partial charge in [-0.25, -0.2) is 12.7 Å². The second-order valence-electron chi connectivity index (χ2n) is 10.2. The number of benzene rings is 4. The van der Waals surface area contributed by atoms with Crippen LogP contribution >= 0.6 is 0 Å². The quantitative estimate of drug-likeness (QED) is 0.257. The summed E-state index contributed by atoms with van der Waals surface area (Å²) in [6, 6.07) is 34.6. The maximum atomic E-state index is 13.3. The molecule has 1 atom stereocenters. The van der Waals surface area contributed by atoms with Crippen LogP contribution in [-0.2, 0) is 10.0 Å². The molecule has 1 aliphatic rings. The van der Waals surface area contributed by atoms with Crippen LogP contribution in [0.5, 0.6) is 0 Å². The van der Waals surface area contributed by atoms with Crippen molar-refractivity contribution in [2.75, 3.05) is 33.2 Å². The normalized spacial score (nSPS) is 16.3. The number of hydrogen-bond acceptors (Lipinski definition) is 3. The van der Waals surface area contributed by atoms with E-state index in [2.05, 4.69) is 77.7 Å². The minimum atomic E-state index is -3.55. The van der Waals surface area contributed by atoms with E-state index in [1.54, 1.807) is 31.3 Å². The van der Waals surface area contributed by atoms with E-state index in [1.807, 2.05) is 6.07 Å². The van der Waals surface area contributed by atoms with Crippen molar-refractivity contribution in [3.63, 3.8) is 0 Å². The maximum Gasteiger partial charge on any atom is 0.242 e. The molecule has 192 valence electrons. The fourth-order valence-corrected chi connectivity index (χ4v) is 6.80. The Labute approximate surface area is 221 Å². The van der Waals surface area contributed by atoms with Crippen LogP contribution < -0.4 is 0 Å². The highest BCUT2D eigenvalue weighted by Gasteiger charge is 2.26. The van der Waals surface area contributed by atoms with E-state index in [1.165, 1.54) is 39.0 Å². The highest BCUT2D eigenvalue weighted by molar-refractivity contribution is 7.89. The van der Waals surface area contributed by atoms with Gasteiger partial charge in [-0.15, -0.1) is 0 Å². The first kappa shape index (κ1) is 25.7. The molecular weight excluding hydrogens is 476 g/mol. The molecule has 0 spiro atoms. The molecule has 0 saturated carbocycles. The Morgan fingerprint density at radius 1 is 0.811 bits per heavy atom. The standard InChI is InChI=1S/C32H36N2O2S/c1-33(37(35,36)32-14-6-3-7-15-32)25-31(30-17-16-27-12-8-9-13-29(27)24-30)20-23-34-21-18-28(19-22-34)26-10-4-2-5-11-26/h2-17,24,28,31H,18-23,25H2,1H3/t31-/m1/s1. The van der Waals surface area contributed by atoms with Gasteiger partial charge in [0, 0.05) is 13.6 Å². The summed E-state index contributed by atoms with van der Waals surface area (Å²) >= 11 is 0. The van der Waals surface area contributed by atoms with Gasteiger partial charge in [-0.2, -0.15) is 0 Å². The van der Waals surface area contributed by atoms with Crippen LogP contribution in [0.25, 0.3) is 10.8 Å². The second kappa shape index (κ2) is 11.6. The highest BCUT2D eigenvalue weighted by Crippen LogP contribution is 2.30. The summed E-state index contributed by atoms with van der Waals surface area (Å²) < 4.78 is 28.1. The molecule has 5 rings (SSSR count). The Morgan fingerprint density at radius 3 is 2.14 bits per heavy atom. The van der Waals surface area contributed by atoms with Crippen LogP contribution in [0.4, 0.5) is 0 Å². The Bertz CT molecular complexity index is 1400. The number of rotatable bonds is 9. The van der Waals surface area contributed by atoms with E-state index in [0.29, 0.717) is 17.4 Å². The molecule has 4 aromatic rings. The third-order valence-corrected chi connectivity index (χ3v) is 9.66. The van der Waals surface area contributed by atoms with Crippen molar-refractivity contribution in [1.29, 1.82) is 0 Å². The lowest BCUT2D eigenvalue weighted by Gasteiger charge is -2.33. The smallest absolute Gasteiger partial charge is 0.242 e. The zero-order valence-corrected chi connectivity index (χ0v) is 22.4. The largest absolute Gasteiger partial charge is 0.303 e. The molecule has 1 heterocycles. The van der Waals surface area contributed by atoms with Gasteiger partial charge in [-0.3, -0.25) is 0 Å². The lowest BCUT2D eigenvalue weighted by atomic mass is 9.89. The average molecular weight is 513 g/mol. The summed E-state index contributed by atoms with van der Waals surface area (Å²) in [6.07, 6.45) is 3.27. The van der Waals surface area contributed by atoms with Gasteiger partial charge in [-0.05, 0) is 84.8 Å². The van der Waals surface area contributed by atoms with Gasteiger partial charge in [0.1, 0.15) is 0 Å². The first-order valence-electron chi connectivity index (χ1n) is 13.3. The lowest BCUT2D eigenvalue weighted by Crippen LogP contribution is -2.36. The molecule has 1 saturated heterocycles. The molecule has 0 amide bonds. The highest BCUT2D eigenvalue weighted by atomic mass is 32.2. The van der Waals surface area contributed by atoms with Gasteiger partial charge in [0.15, 0.2) is 0 Å². The minimum absolute atomic E-state index is 0.111. The summed E-state index contributed by atoms with van der Waals surface area (Å²) in [5.74, 6) is 0.746. The van der Waals surface area contributed by atoms with Crippen LogP contribution in [0.3, 0.4) is 0 Å². The van der Waals surface area contributed by atoms with Gasteiger partial charge < -0.3 is 4.90 Å². The molecule has 0 N–H and O–H groups in total. The van der Waals surface area contributed by atoms with E-state index < -0.39 is 10.0 Å². The van der Waals surface area contributed by atoms with E-state index in [4.69, 9.17) is 0 Å². The second-order valence-corrected chi connectivity index (χ2v) is 12.3. The zero-order chi connectivity index (χ0) is 25.7. The minimum Gasteiger partial charge on any atom is -0.303 e. The Morgan fingerprint density at radius 2 is 1.43 bits per heavy atom. The van der Waals surface area contributed by atoms with Crippen LogP contribution in [0.15, 0.2) is 108 Å². The fraction of sp³-hybridized carbons (Fsp3) is 0.312. The van der Waals surface area contributed by atoms with E-state index in [9.17, 15) is 8.42 Å². The van der Waals surface area contributed by atoms with Gasteiger partial charge in [0.2, 0.25) is 10.0 Å². The number of piperidine rings is 1. The van der Waals surface area contributed by atoms with Crippen LogP contribution in [0.2, 0.25) is 0 Å². The molecule has 0 aromatic heterocycles. The molecule has 0 radical (unpaired) electrons. The Kier molecular flexibility index (Phi) is 8.04. The fourth-order valence-electron chi connectivity index (χ4n) is 5.56. The molecule has 1 fully saturated rings. The maximum absolute atomic E-state index is 13.3. The molecule has 37 heavy (non-hydrogen) atoms. The molecular formula is C32H36N2O2S. The van der Waals surface area contributed by atoms with Gasteiger partial charge in [0.25, 0.3) is 0 Å². The van der Waals surface area contributed by atoms with Crippen molar-refractivity contribution in [2.45, 2.75) is 36.0 Å². The number of fused-ring (bicyclic) bond motifs is 1. The Hall–Kier alpha value is -2.99. The molecule has 5 heteroatoms. The predicted molar refractivity (Wildman–Crippen MR) is 152 cm³/mol. The molecule has 4 nitrogen and oxygen atoms in total. The number of likely N-dealkylation sites (N-methyl/N-ethyl adjacent to an activating group) is 1. The van der Waals surface area contributed by atoms with Crippen LogP contribution in [0.1, 0.15) is 42.2 Å². The van der Waals surface area contributed by atoms with Crippen LogP contribution in [-0.4, -0.2) is 50.8 Å². The summed E-state index contributed by atoms with van der Waals surface area (Å²) in [6.45, 7) is 3.60. The van der Waals surface area contributed by atoms with Gasteiger partial charge in [-0.1, -0.05) is 91.0 Å². The van der Waals surface area contributed by atoms with Crippen LogP contribution in [0, 0.1) is 0 Å². The van der Waals surface area contributed by atoms with Crippen molar-refractivity contribution >= 4 is 20.8 Å². The van der Waals surface area contributed by atoms with Crippen molar-refractivity contribution in [3.8, 4) is 0 Å². The zero-order valence-electron chi connectivity index (χ0n) is 21.5. The number of sulfonamides is 1. The third kappa shape index (κ3) is 6.12. The van der Waals surface area contributed by atoms with Crippen molar-refractivity contribution in [1.82, 2.24) is 9.21 Å². The summed E-state index contributed by atoms with van der Waals surface area (Å²) in [5, 5.41) is 2.40. The molecule has 0 unspecified atom stereocenters. The number of hydrogen-bond donors (Lipinski definition) is 0. The van der Waals surface area contributed by atoms with E-state index in [0.717, 1.165) is 26.1 Å². The molecule has 0 aliphatic carbocycles. The predicted octanol–water partition coefficient (Wildman–Crippen LogP) is 6.51. The summed E-state index contributed by atoms with van der Waals surface area (Å²) in [7, 11) is -1.84. The SMILES string of the molecule is CN(C[C@@H](CCN1CCC(c2ccccc2)CC1)c1ccc2ccccc2c1)S(=O)(=O)c1ccccc1. The average Bonchev–Trinajstić information content (AvgIpc) is 2.96. The summed E-state index contributed by atoms with van der Waals surface area (Å²) in [4.78, 5) is 2.90. The topological polar surface area (TPSA) is 40.6 Å². The Balaban J connectivity index is 1.31. The van der Waals surface area contributed by atoms with Gasteiger partial charge >= 0.3 is 0 Å². The molecule has 0 bridgehead atoms. The molecule has 1 aliphatic heterocycles. The summed E-state index contributed by atoms with van der Waals surface area (Å²) in [5.41, 5.74) is 2.65. The van der Waals surface area contributed by atoms with E-state index >= 15 is 0 Å². The van der Waals surface area contributed by atoms with Crippen molar-refractivity contribution < 1.29 is 8.42 Å². The van der Waals surface area contributed by atoms with Crippen molar-refractivity contribution in [2.24, 2.45) is 0 Å². The third-order valence-electron chi connectivity index (χ3n) is 7.83. The number of likely N-dealkylation sites (tertiary alicyclic amines) is 1. The first-order chi connectivity index (χ1) is 18.0. The number of nitrogens with zero attached hydrogens (tertiary/aromatic N) is 2. The monoisotopic (exact) mass is 512 g/mol. The van der Waals surface area contributed by atoms with E-state index in [-0.39, 0.29) is 5.92 Å². The lowest BCUT2D eigenvalue weighted by molar-refractivity contribution is 0.203. The molecule has 4 aromatic carbocycles. The van der Waals surface area contributed by atoms with Gasteiger partial charge in [0.05, 0.1) is 4.90 Å². The van der Waals surface area contributed by atoms with Crippen molar-refractivity contribution in [3.05, 3.63) is 114 Å². The first-order valence-corrected chi connectivity index (χ1v) is 14.7.